The van der Waals surface area contributed by atoms with Crippen LogP contribution < -0.4 is 10.6 Å². The van der Waals surface area contributed by atoms with Crippen LogP contribution in [0.4, 0.5) is 11.6 Å². The molecule has 7 nitrogen and oxygen atoms in total. The van der Waals surface area contributed by atoms with E-state index >= 15 is 0 Å². The molecule has 1 aliphatic rings. The lowest BCUT2D eigenvalue weighted by Crippen LogP contribution is -2.31. The number of nitrogens with one attached hydrogen (secondary N) is 2. The van der Waals surface area contributed by atoms with Crippen molar-refractivity contribution in [2.75, 3.05) is 16.4 Å². The number of fused-ring (bicyclic) bond motifs is 1. The molecule has 4 rings (SSSR count). The number of hydrogen-bond donors (Lipinski definition) is 2. The highest BCUT2D eigenvalue weighted by atomic mass is 32.2. The monoisotopic (exact) mass is 420 g/mol. The van der Waals surface area contributed by atoms with Gasteiger partial charge in [0.05, 0.1) is 5.57 Å². The van der Waals surface area contributed by atoms with Crippen molar-refractivity contribution in [1.82, 2.24) is 19.7 Å². The minimum absolute atomic E-state index is 0.172. The lowest BCUT2D eigenvalue weighted by molar-refractivity contribution is -0.113. The van der Waals surface area contributed by atoms with Crippen LogP contribution in [0.2, 0.25) is 0 Å². The first-order valence-electron chi connectivity index (χ1n) is 9.92. The fraction of sp³-hybridized carbons (Fsp3) is 0.273. The summed E-state index contributed by atoms with van der Waals surface area (Å²) in [6, 6.07) is 11.2. The van der Waals surface area contributed by atoms with E-state index in [1.165, 1.54) is 0 Å². The number of anilines is 2. The van der Waals surface area contributed by atoms with Gasteiger partial charge < -0.3 is 10.6 Å². The predicted molar refractivity (Wildman–Crippen MR) is 120 cm³/mol. The van der Waals surface area contributed by atoms with Gasteiger partial charge in [0.15, 0.2) is 0 Å². The van der Waals surface area contributed by atoms with Gasteiger partial charge in [-0.15, -0.1) is 5.10 Å². The van der Waals surface area contributed by atoms with Crippen LogP contribution in [-0.2, 0) is 4.79 Å². The van der Waals surface area contributed by atoms with Gasteiger partial charge in [0, 0.05) is 29.5 Å². The molecule has 0 saturated heterocycles. The average molecular weight is 421 g/mol. The highest BCUT2D eigenvalue weighted by Gasteiger charge is 2.34. The Labute approximate surface area is 180 Å². The fourth-order valence-corrected chi connectivity index (χ4v) is 4.05. The topological polar surface area (TPSA) is 84.7 Å². The van der Waals surface area contributed by atoms with Crippen LogP contribution in [0.25, 0.3) is 0 Å². The third-order valence-corrected chi connectivity index (χ3v) is 5.89. The van der Waals surface area contributed by atoms with Crippen molar-refractivity contribution in [3.05, 3.63) is 71.2 Å². The third-order valence-electron chi connectivity index (χ3n) is 4.84. The first-order valence-corrected chi connectivity index (χ1v) is 10.9. The van der Waals surface area contributed by atoms with Crippen LogP contribution in [0.3, 0.4) is 0 Å². The summed E-state index contributed by atoms with van der Waals surface area (Å²) in [6.07, 6.45) is 4.49. The van der Waals surface area contributed by atoms with Gasteiger partial charge >= 0.3 is 0 Å². The summed E-state index contributed by atoms with van der Waals surface area (Å²) in [4.78, 5) is 22.1. The van der Waals surface area contributed by atoms with Gasteiger partial charge in [-0.1, -0.05) is 36.4 Å². The summed E-state index contributed by atoms with van der Waals surface area (Å²) in [6.45, 7) is 6.04. The number of rotatable bonds is 6. The number of carbonyl (C=O) groups excluding carboxylic acids is 1. The van der Waals surface area contributed by atoms with Crippen LogP contribution in [0.5, 0.6) is 0 Å². The lowest BCUT2D eigenvalue weighted by Gasteiger charge is -2.28. The van der Waals surface area contributed by atoms with Gasteiger partial charge in [-0.05, 0) is 50.1 Å². The molecular formula is C22H24N6OS. The number of amides is 1. The molecule has 1 amide bonds. The molecule has 2 aromatic heterocycles. The second-order valence-corrected chi connectivity index (χ2v) is 8.24. The van der Waals surface area contributed by atoms with Crippen molar-refractivity contribution in [2.24, 2.45) is 0 Å². The Morgan fingerprint density at radius 1 is 1.17 bits per heavy atom. The predicted octanol–water partition coefficient (Wildman–Crippen LogP) is 4.41. The minimum atomic E-state index is -0.391. The maximum Gasteiger partial charge on any atom is 0.255 e. The molecule has 1 aliphatic heterocycles. The molecule has 0 bridgehead atoms. The van der Waals surface area contributed by atoms with E-state index in [0.717, 1.165) is 34.7 Å². The number of pyridine rings is 1. The van der Waals surface area contributed by atoms with E-state index in [9.17, 15) is 4.79 Å². The second kappa shape index (κ2) is 8.71. The number of hydrogen-bond acceptors (Lipinski definition) is 6. The van der Waals surface area contributed by atoms with Crippen molar-refractivity contribution in [3.63, 3.8) is 0 Å². The first kappa shape index (κ1) is 20.2. The SMILES string of the molecule is CCCSc1nc2n(n1)C(c1ccncc1)C(C(=O)Nc1ccc(C)cc1)=C(C)N2. The van der Waals surface area contributed by atoms with Crippen molar-refractivity contribution >= 4 is 29.3 Å². The summed E-state index contributed by atoms with van der Waals surface area (Å²) < 4.78 is 1.80. The van der Waals surface area contributed by atoms with Crippen molar-refractivity contribution in [3.8, 4) is 0 Å². The van der Waals surface area contributed by atoms with E-state index in [-0.39, 0.29) is 5.91 Å². The molecule has 8 heteroatoms. The quantitative estimate of drug-likeness (QED) is 0.575. The number of allylic oxidation sites excluding steroid dienone is 1. The average Bonchev–Trinajstić information content (AvgIpc) is 3.15. The van der Waals surface area contributed by atoms with Gasteiger partial charge in [0.2, 0.25) is 11.1 Å². The Morgan fingerprint density at radius 2 is 1.90 bits per heavy atom. The lowest BCUT2D eigenvalue weighted by atomic mass is 9.96. The zero-order valence-corrected chi connectivity index (χ0v) is 18.0. The molecule has 1 unspecified atom stereocenters. The number of aryl methyl sites for hydroxylation is 1. The summed E-state index contributed by atoms with van der Waals surface area (Å²) >= 11 is 1.61. The summed E-state index contributed by atoms with van der Waals surface area (Å²) in [5.41, 5.74) is 4.18. The Bertz CT molecular complexity index is 1070. The Balaban J connectivity index is 1.73. The van der Waals surface area contributed by atoms with Crippen LogP contribution in [-0.4, -0.2) is 31.4 Å². The molecule has 0 fully saturated rings. The van der Waals surface area contributed by atoms with Gasteiger partial charge in [0.1, 0.15) is 6.04 Å². The van der Waals surface area contributed by atoms with Gasteiger partial charge in [-0.3, -0.25) is 9.78 Å². The molecule has 3 aromatic rings. The Morgan fingerprint density at radius 3 is 2.60 bits per heavy atom. The summed E-state index contributed by atoms with van der Waals surface area (Å²) in [7, 11) is 0. The fourth-order valence-electron chi connectivity index (χ4n) is 3.37. The maximum absolute atomic E-state index is 13.3. The van der Waals surface area contributed by atoms with E-state index in [1.807, 2.05) is 50.2 Å². The van der Waals surface area contributed by atoms with Crippen LogP contribution >= 0.6 is 11.8 Å². The number of aromatic nitrogens is 4. The van der Waals surface area contributed by atoms with E-state index in [0.29, 0.717) is 16.7 Å². The molecule has 0 aliphatic carbocycles. The first-order chi connectivity index (χ1) is 14.6. The van der Waals surface area contributed by atoms with E-state index in [2.05, 4.69) is 27.5 Å². The van der Waals surface area contributed by atoms with Crippen LogP contribution in [0.1, 0.15) is 37.4 Å². The van der Waals surface area contributed by atoms with Crippen molar-refractivity contribution in [1.29, 1.82) is 0 Å². The van der Waals surface area contributed by atoms with E-state index < -0.39 is 6.04 Å². The summed E-state index contributed by atoms with van der Waals surface area (Å²) in [5.74, 6) is 1.41. The normalized spacial score (nSPS) is 15.5. The maximum atomic E-state index is 13.3. The van der Waals surface area contributed by atoms with Crippen molar-refractivity contribution in [2.45, 2.75) is 38.4 Å². The zero-order valence-electron chi connectivity index (χ0n) is 17.2. The van der Waals surface area contributed by atoms with Crippen molar-refractivity contribution < 1.29 is 4.79 Å². The molecule has 0 saturated carbocycles. The van der Waals surface area contributed by atoms with Crippen LogP contribution in [0, 0.1) is 6.92 Å². The van der Waals surface area contributed by atoms with Crippen LogP contribution in [0.15, 0.2) is 65.2 Å². The zero-order chi connectivity index (χ0) is 21.1. The Kier molecular flexibility index (Phi) is 5.85. The smallest absolute Gasteiger partial charge is 0.255 e. The van der Waals surface area contributed by atoms with E-state index in [4.69, 9.17) is 5.10 Å². The molecule has 30 heavy (non-hydrogen) atoms. The molecule has 1 aromatic carbocycles. The molecule has 0 spiro atoms. The van der Waals surface area contributed by atoms with Gasteiger partial charge in [-0.2, -0.15) is 4.98 Å². The highest BCUT2D eigenvalue weighted by molar-refractivity contribution is 7.99. The minimum Gasteiger partial charge on any atom is -0.328 e. The number of benzene rings is 1. The molecule has 154 valence electrons. The number of carbonyl (C=O) groups is 1. The largest absolute Gasteiger partial charge is 0.328 e. The van der Waals surface area contributed by atoms with Gasteiger partial charge in [0.25, 0.3) is 5.91 Å². The summed E-state index contributed by atoms with van der Waals surface area (Å²) in [5, 5.41) is 11.7. The highest BCUT2D eigenvalue weighted by Crippen LogP contribution is 2.36. The van der Waals surface area contributed by atoms with E-state index in [1.54, 1.807) is 28.8 Å². The molecular weight excluding hydrogens is 396 g/mol. The molecule has 2 N–H and O–H groups in total. The number of nitrogens with zero attached hydrogens (tertiary/aromatic N) is 4. The van der Waals surface area contributed by atoms with Gasteiger partial charge in [-0.25, -0.2) is 4.68 Å². The molecule has 3 heterocycles. The molecule has 0 radical (unpaired) electrons. The second-order valence-electron chi connectivity index (χ2n) is 7.18. The number of thioether (sulfide) groups is 1. The Hall–Kier alpha value is -3.13. The molecule has 1 atom stereocenters. The standard InChI is InChI=1S/C22H24N6OS/c1-4-13-30-22-26-21-24-15(3)18(20(29)25-17-7-5-14(2)6-8-17)19(28(21)27-22)16-9-11-23-12-10-16/h5-12,19H,4,13H2,1-3H3,(H,25,29)(H,24,26,27). The third kappa shape index (κ3) is 4.09.